The van der Waals surface area contributed by atoms with Gasteiger partial charge in [0.25, 0.3) is 17.5 Å². The van der Waals surface area contributed by atoms with E-state index in [9.17, 15) is 19.7 Å². The van der Waals surface area contributed by atoms with Gasteiger partial charge in [0.2, 0.25) is 0 Å². The van der Waals surface area contributed by atoms with Gasteiger partial charge < -0.3 is 4.98 Å². The van der Waals surface area contributed by atoms with Crippen LogP contribution in [-0.2, 0) is 12.8 Å². The lowest BCUT2D eigenvalue weighted by Gasteiger charge is -2.05. The first kappa shape index (κ1) is 18.2. The molecule has 0 saturated carbocycles. The highest BCUT2D eigenvalue weighted by Gasteiger charge is 2.19. The molecule has 28 heavy (non-hydrogen) atoms. The Labute approximate surface area is 164 Å². The van der Waals surface area contributed by atoms with Crippen molar-refractivity contribution in [3.63, 3.8) is 0 Å². The number of non-ortho nitro benzene ring substituents is 1. The summed E-state index contributed by atoms with van der Waals surface area (Å²) in [6.45, 7) is 0. The lowest BCUT2D eigenvalue weighted by Crippen LogP contribution is -2.41. The number of nitrogens with zero attached hydrogens (tertiary/aromatic N) is 1. The van der Waals surface area contributed by atoms with E-state index in [2.05, 4.69) is 15.8 Å². The average Bonchev–Trinajstić information content (AvgIpc) is 3.23. The molecule has 1 aromatic carbocycles. The van der Waals surface area contributed by atoms with Crippen molar-refractivity contribution in [2.45, 2.75) is 32.1 Å². The third-order valence-corrected chi connectivity index (χ3v) is 6.12. The van der Waals surface area contributed by atoms with Gasteiger partial charge in [-0.15, -0.1) is 11.3 Å². The van der Waals surface area contributed by atoms with Crippen LogP contribution in [0.15, 0.2) is 30.5 Å². The minimum Gasteiger partial charge on any atom is -0.360 e. The number of fused-ring (bicyclic) bond motifs is 2. The molecule has 3 N–H and O–H groups in total. The van der Waals surface area contributed by atoms with Crippen molar-refractivity contribution in [3.05, 3.63) is 61.5 Å². The number of hydrogen-bond donors (Lipinski definition) is 3. The minimum atomic E-state index is -0.543. The zero-order valence-electron chi connectivity index (χ0n) is 14.9. The van der Waals surface area contributed by atoms with Crippen molar-refractivity contribution < 1.29 is 14.5 Å². The zero-order valence-corrected chi connectivity index (χ0v) is 15.7. The lowest BCUT2D eigenvalue weighted by molar-refractivity contribution is -0.384. The average molecular weight is 398 g/mol. The van der Waals surface area contributed by atoms with Crippen LogP contribution in [0.25, 0.3) is 10.9 Å². The van der Waals surface area contributed by atoms with E-state index in [0.29, 0.717) is 15.8 Å². The highest BCUT2D eigenvalue weighted by molar-refractivity contribution is 7.14. The molecule has 0 spiro atoms. The number of aromatic nitrogens is 1. The van der Waals surface area contributed by atoms with Crippen molar-refractivity contribution in [2.75, 3.05) is 0 Å². The van der Waals surface area contributed by atoms with Gasteiger partial charge >= 0.3 is 0 Å². The van der Waals surface area contributed by atoms with Gasteiger partial charge in [-0.3, -0.25) is 30.6 Å². The Hall–Kier alpha value is -3.20. The normalized spacial score (nSPS) is 13.6. The van der Waals surface area contributed by atoms with Gasteiger partial charge in [0.1, 0.15) is 0 Å². The maximum atomic E-state index is 12.5. The number of aryl methyl sites for hydroxylation is 2. The Bertz CT molecular complexity index is 1060. The molecule has 2 amide bonds. The summed E-state index contributed by atoms with van der Waals surface area (Å²) in [5.41, 5.74) is 6.78. The number of aromatic amines is 1. The van der Waals surface area contributed by atoms with Crippen LogP contribution in [0.2, 0.25) is 0 Å². The molecule has 0 atom stereocenters. The topological polar surface area (TPSA) is 117 Å². The number of nitrogens with one attached hydrogen (secondary N) is 3. The van der Waals surface area contributed by atoms with E-state index in [-0.39, 0.29) is 17.2 Å². The molecule has 144 valence electrons. The maximum absolute atomic E-state index is 12.5. The van der Waals surface area contributed by atoms with Crippen LogP contribution in [0.5, 0.6) is 0 Å². The van der Waals surface area contributed by atoms with Crippen molar-refractivity contribution in [2.24, 2.45) is 0 Å². The van der Waals surface area contributed by atoms with Crippen molar-refractivity contribution in [1.82, 2.24) is 15.8 Å². The first-order valence-electron chi connectivity index (χ1n) is 9.01. The summed E-state index contributed by atoms with van der Waals surface area (Å²) >= 11 is 1.47. The standard InChI is InChI=1S/C19H18N4O4S/c24-18(14-10-20-15-7-6-12(23(26)27)9-13(14)15)21-22-19(25)17-8-11-4-2-1-3-5-16(11)28-17/h6-10,20H,1-5H2,(H,21,24)(H,22,25). The third kappa shape index (κ3) is 3.48. The fourth-order valence-electron chi connectivity index (χ4n) is 3.43. The van der Waals surface area contributed by atoms with Gasteiger partial charge in [-0.2, -0.15) is 0 Å². The molecule has 0 aliphatic heterocycles. The van der Waals surface area contributed by atoms with Crippen molar-refractivity contribution in [1.29, 1.82) is 0 Å². The summed E-state index contributed by atoms with van der Waals surface area (Å²) < 4.78 is 0. The molecule has 0 fully saturated rings. The van der Waals surface area contributed by atoms with Crippen LogP contribution in [0.1, 0.15) is 49.7 Å². The smallest absolute Gasteiger partial charge is 0.279 e. The Morgan fingerprint density at radius 3 is 2.68 bits per heavy atom. The minimum absolute atomic E-state index is 0.106. The fourth-order valence-corrected chi connectivity index (χ4v) is 4.58. The van der Waals surface area contributed by atoms with Crippen LogP contribution >= 0.6 is 11.3 Å². The van der Waals surface area contributed by atoms with Crippen LogP contribution in [0.4, 0.5) is 5.69 Å². The third-order valence-electron chi connectivity index (χ3n) is 4.88. The number of nitro groups is 1. The molecule has 2 aromatic heterocycles. The second-order valence-corrected chi connectivity index (χ2v) is 7.85. The van der Waals surface area contributed by atoms with E-state index in [1.165, 1.54) is 46.5 Å². The number of carbonyl (C=O) groups excluding carboxylic acids is 2. The van der Waals surface area contributed by atoms with Crippen LogP contribution in [-0.4, -0.2) is 21.7 Å². The van der Waals surface area contributed by atoms with Gasteiger partial charge in [-0.05, 0) is 43.4 Å². The second-order valence-electron chi connectivity index (χ2n) is 6.72. The number of thiophene rings is 1. The number of rotatable bonds is 3. The van der Waals surface area contributed by atoms with E-state index in [4.69, 9.17) is 0 Å². The Morgan fingerprint density at radius 1 is 1.07 bits per heavy atom. The fraction of sp³-hybridized carbons (Fsp3) is 0.263. The first-order valence-corrected chi connectivity index (χ1v) is 9.82. The number of hydrogen-bond acceptors (Lipinski definition) is 5. The van der Waals surface area contributed by atoms with Crippen molar-refractivity contribution >= 4 is 39.7 Å². The number of H-pyrrole nitrogens is 1. The summed E-state index contributed by atoms with van der Waals surface area (Å²) in [6, 6.07) is 6.14. The summed E-state index contributed by atoms with van der Waals surface area (Å²) in [7, 11) is 0. The maximum Gasteiger partial charge on any atom is 0.279 e. The number of benzene rings is 1. The monoisotopic (exact) mass is 398 g/mol. The molecule has 8 nitrogen and oxygen atoms in total. The number of amides is 2. The second kappa shape index (κ2) is 7.43. The Kier molecular flexibility index (Phi) is 4.82. The molecule has 2 heterocycles. The van der Waals surface area contributed by atoms with Crippen LogP contribution < -0.4 is 10.9 Å². The molecule has 0 bridgehead atoms. The molecule has 0 saturated heterocycles. The molecule has 4 rings (SSSR count). The van der Waals surface area contributed by atoms with E-state index >= 15 is 0 Å². The van der Waals surface area contributed by atoms with E-state index in [1.807, 2.05) is 6.07 Å². The molecular formula is C19H18N4O4S. The van der Waals surface area contributed by atoms with Crippen LogP contribution in [0.3, 0.4) is 0 Å². The predicted molar refractivity (Wildman–Crippen MR) is 105 cm³/mol. The first-order chi connectivity index (χ1) is 13.5. The quantitative estimate of drug-likeness (QED) is 0.356. The highest BCUT2D eigenvalue weighted by Crippen LogP contribution is 2.29. The number of carbonyl (C=O) groups is 2. The van der Waals surface area contributed by atoms with Gasteiger partial charge in [-0.25, -0.2) is 0 Å². The largest absolute Gasteiger partial charge is 0.360 e. The number of nitro benzene ring substituents is 1. The lowest BCUT2D eigenvalue weighted by atomic mass is 10.1. The Morgan fingerprint density at radius 2 is 1.86 bits per heavy atom. The summed E-state index contributed by atoms with van der Waals surface area (Å²) in [4.78, 5) is 40.0. The molecule has 0 unspecified atom stereocenters. The van der Waals surface area contributed by atoms with Crippen molar-refractivity contribution in [3.8, 4) is 0 Å². The highest BCUT2D eigenvalue weighted by atomic mass is 32.1. The van der Waals surface area contributed by atoms with Gasteiger partial charge in [0.05, 0.1) is 15.4 Å². The van der Waals surface area contributed by atoms with Gasteiger partial charge in [0.15, 0.2) is 0 Å². The predicted octanol–water partition coefficient (Wildman–Crippen LogP) is 3.48. The molecule has 3 aromatic rings. The molecule has 0 radical (unpaired) electrons. The summed E-state index contributed by atoms with van der Waals surface area (Å²) in [5.74, 6) is -0.907. The molecule has 1 aliphatic carbocycles. The zero-order chi connectivity index (χ0) is 19.7. The summed E-state index contributed by atoms with van der Waals surface area (Å²) in [6.07, 6.45) is 6.92. The van der Waals surface area contributed by atoms with E-state index in [1.54, 1.807) is 6.07 Å². The van der Waals surface area contributed by atoms with E-state index < -0.39 is 10.8 Å². The molecule has 9 heteroatoms. The van der Waals surface area contributed by atoms with Gasteiger partial charge in [-0.1, -0.05) is 6.42 Å². The van der Waals surface area contributed by atoms with E-state index in [0.717, 1.165) is 25.7 Å². The number of hydrazine groups is 1. The Balaban J connectivity index is 1.47. The molecular weight excluding hydrogens is 380 g/mol. The van der Waals surface area contributed by atoms with Gasteiger partial charge in [0, 0.05) is 34.1 Å². The summed E-state index contributed by atoms with van der Waals surface area (Å²) in [5, 5.41) is 11.4. The SMILES string of the molecule is O=C(NNC(=O)c1c[nH]c2ccc([N+](=O)[O-])cc12)c1cc2c(s1)CCCCC2. The van der Waals surface area contributed by atoms with Crippen LogP contribution in [0, 0.1) is 10.1 Å². The molecule has 1 aliphatic rings.